The summed E-state index contributed by atoms with van der Waals surface area (Å²) >= 11 is 0. The molecule has 1 aromatic heterocycles. The van der Waals surface area contributed by atoms with Crippen molar-refractivity contribution in [3.05, 3.63) is 34.7 Å². The molecule has 2 rings (SSSR count). The van der Waals surface area contributed by atoms with Gasteiger partial charge in [-0.15, -0.1) is 10.2 Å². The predicted octanol–water partition coefficient (Wildman–Crippen LogP) is 3.96. The molecule has 5 heteroatoms. The Bertz CT molecular complexity index is 662. The first-order chi connectivity index (χ1) is 9.95. The molecule has 0 amide bonds. The van der Waals surface area contributed by atoms with Crippen molar-refractivity contribution < 1.29 is 14.3 Å². The van der Waals surface area contributed by atoms with Gasteiger partial charge < -0.3 is 9.52 Å². The normalized spacial score (nSPS) is 12.4. The molecule has 0 fully saturated rings. The van der Waals surface area contributed by atoms with Crippen LogP contribution < -0.4 is 0 Å². The van der Waals surface area contributed by atoms with Gasteiger partial charge in [-0.25, -0.2) is 4.79 Å². The third kappa shape index (κ3) is 2.96. The lowest BCUT2D eigenvalue weighted by Gasteiger charge is -2.09. The van der Waals surface area contributed by atoms with Gasteiger partial charge in [-0.05, 0) is 31.4 Å². The molecule has 1 N–H and O–H groups in total. The average Bonchev–Trinajstić information content (AvgIpc) is 2.90. The van der Waals surface area contributed by atoms with E-state index in [2.05, 4.69) is 17.1 Å². The lowest BCUT2D eigenvalue weighted by molar-refractivity contribution is 0.0696. The SMILES string of the molecule is CCCC(C)c1nnc(-c2c(C)ccc(C)c2C(=O)O)o1. The minimum Gasteiger partial charge on any atom is -0.478 e. The molecule has 1 atom stereocenters. The summed E-state index contributed by atoms with van der Waals surface area (Å²) in [5.41, 5.74) is 2.25. The molecule has 0 bridgehead atoms. The number of aromatic nitrogens is 2. The summed E-state index contributed by atoms with van der Waals surface area (Å²) in [7, 11) is 0. The second-order valence-electron chi connectivity index (χ2n) is 5.39. The molecule has 21 heavy (non-hydrogen) atoms. The van der Waals surface area contributed by atoms with E-state index in [-0.39, 0.29) is 17.4 Å². The van der Waals surface area contributed by atoms with Crippen molar-refractivity contribution in [1.29, 1.82) is 0 Å². The molecule has 0 radical (unpaired) electrons. The molecular weight excluding hydrogens is 268 g/mol. The summed E-state index contributed by atoms with van der Waals surface area (Å²) in [5, 5.41) is 17.6. The van der Waals surface area contributed by atoms with Gasteiger partial charge >= 0.3 is 5.97 Å². The first-order valence-corrected chi connectivity index (χ1v) is 7.13. The van der Waals surface area contributed by atoms with E-state index >= 15 is 0 Å². The van der Waals surface area contributed by atoms with E-state index in [1.807, 2.05) is 19.9 Å². The van der Waals surface area contributed by atoms with Crippen LogP contribution in [0.3, 0.4) is 0 Å². The average molecular weight is 288 g/mol. The second-order valence-corrected chi connectivity index (χ2v) is 5.39. The number of aromatic carboxylic acids is 1. The number of nitrogens with zero attached hydrogens (tertiary/aromatic N) is 2. The van der Waals surface area contributed by atoms with Crippen LogP contribution in [-0.4, -0.2) is 21.3 Å². The maximum absolute atomic E-state index is 11.5. The third-order valence-corrected chi connectivity index (χ3v) is 3.63. The molecule has 0 aliphatic heterocycles. The van der Waals surface area contributed by atoms with Crippen LogP contribution in [0.1, 0.15) is 60.0 Å². The molecule has 5 nitrogen and oxygen atoms in total. The Morgan fingerprint density at radius 2 is 1.95 bits per heavy atom. The quantitative estimate of drug-likeness (QED) is 0.901. The van der Waals surface area contributed by atoms with E-state index in [9.17, 15) is 9.90 Å². The highest BCUT2D eigenvalue weighted by molar-refractivity contribution is 5.97. The summed E-state index contributed by atoms with van der Waals surface area (Å²) < 4.78 is 5.73. The highest BCUT2D eigenvalue weighted by atomic mass is 16.4. The second kappa shape index (κ2) is 6.08. The molecule has 0 aliphatic carbocycles. The molecule has 0 spiro atoms. The maximum Gasteiger partial charge on any atom is 0.336 e. The van der Waals surface area contributed by atoms with Crippen LogP contribution in [0.15, 0.2) is 16.5 Å². The minimum absolute atomic E-state index is 0.176. The van der Waals surface area contributed by atoms with Crippen molar-refractivity contribution in [3.8, 4) is 11.5 Å². The third-order valence-electron chi connectivity index (χ3n) is 3.63. The molecule has 1 aromatic carbocycles. The Labute approximate surface area is 124 Å². The fraction of sp³-hybridized carbons (Fsp3) is 0.438. The maximum atomic E-state index is 11.5. The largest absolute Gasteiger partial charge is 0.478 e. The minimum atomic E-state index is -0.979. The van der Waals surface area contributed by atoms with Crippen molar-refractivity contribution in [3.63, 3.8) is 0 Å². The number of aryl methyl sites for hydroxylation is 2. The van der Waals surface area contributed by atoms with E-state index in [0.717, 1.165) is 18.4 Å². The topological polar surface area (TPSA) is 76.2 Å². The Balaban J connectivity index is 2.52. The van der Waals surface area contributed by atoms with E-state index in [1.54, 1.807) is 13.0 Å². The lowest BCUT2D eigenvalue weighted by Crippen LogP contribution is -2.04. The molecule has 0 saturated heterocycles. The monoisotopic (exact) mass is 288 g/mol. The highest BCUT2D eigenvalue weighted by Crippen LogP contribution is 2.31. The summed E-state index contributed by atoms with van der Waals surface area (Å²) in [6.45, 7) is 7.74. The van der Waals surface area contributed by atoms with Gasteiger partial charge in [-0.1, -0.05) is 32.4 Å². The van der Waals surface area contributed by atoms with Crippen molar-refractivity contribution in [2.24, 2.45) is 0 Å². The number of rotatable bonds is 5. The van der Waals surface area contributed by atoms with Crippen LogP contribution in [-0.2, 0) is 0 Å². The van der Waals surface area contributed by atoms with E-state index in [0.29, 0.717) is 17.0 Å². The zero-order chi connectivity index (χ0) is 15.6. The molecule has 112 valence electrons. The van der Waals surface area contributed by atoms with Crippen LogP contribution >= 0.6 is 0 Å². The number of hydrogen-bond acceptors (Lipinski definition) is 4. The molecule has 1 unspecified atom stereocenters. The fourth-order valence-electron chi connectivity index (χ4n) is 2.45. The van der Waals surface area contributed by atoms with Crippen LogP contribution in [0.4, 0.5) is 0 Å². The smallest absolute Gasteiger partial charge is 0.336 e. The van der Waals surface area contributed by atoms with Crippen molar-refractivity contribution >= 4 is 5.97 Å². The van der Waals surface area contributed by atoms with Gasteiger partial charge in [-0.3, -0.25) is 0 Å². The van der Waals surface area contributed by atoms with Gasteiger partial charge in [0.25, 0.3) is 0 Å². The van der Waals surface area contributed by atoms with Gasteiger partial charge in [0.15, 0.2) is 0 Å². The Hall–Kier alpha value is -2.17. The predicted molar refractivity (Wildman–Crippen MR) is 79.5 cm³/mol. The van der Waals surface area contributed by atoms with E-state index in [1.165, 1.54) is 0 Å². The highest BCUT2D eigenvalue weighted by Gasteiger charge is 2.22. The lowest BCUT2D eigenvalue weighted by atomic mass is 9.97. The molecule has 0 aliphatic rings. The van der Waals surface area contributed by atoms with Gasteiger partial charge in [0.2, 0.25) is 11.8 Å². The van der Waals surface area contributed by atoms with Crippen LogP contribution in [0.5, 0.6) is 0 Å². The van der Waals surface area contributed by atoms with Crippen molar-refractivity contribution in [1.82, 2.24) is 10.2 Å². The van der Waals surface area contributed by atoms with Crippen LogP contribution in [0.25, 0.3) is 11.5 Å². The van der Waals surface area contributed by atoms with Crippen molar-refractivity contribution in [2.75, 3.05) is 0 Å². The molecule has 0 saturated carbocycles. The zero-order valence-electron chi connectivity index (χ0n) is 12.8. The number of hydrogen-bond donors (Lipinski definition) is 1. The van der Waals surface area contributed by atoms with Gasteiger partial charge in [-0.2, -0.15) is 0 Å². The summed E-state index contributed by atoms with van der Waals surface area (Å²) in [6.07, 6.45) is 1.99. The molecule has 2 aromatic rings. The standard InChI is InChI=1S/C16H20N2O3/c1-5-6-11(4)14-17-18-15(21-14)12-9(2)7-8-10(3)13(12)16(19)20/h7-8,11H,5-6H2,1-4H3,(H,19,20). The summed E-state index contributed by atoms with van der Waals surface area (Å²) in [5.74, 6) is 0.0397. The molecule has 1 heterocycles. The van der Waals surface area contributed by atoms with E-state index in [4.69, 9.17) is 4.42 Å². The first-order valence-electron chi connectivity index (χ1n) is 7.13. The fourth-order valence-corrected chi connectivity index (χ4v) is 2.45. The number of benzene rings is 1. The van der Waals surface area contributed by atoms with Crippen LogP contribution in [0.2, 0.25) is 0 Å². The van der Waals surface area contributed by atoms with E-state index < -0.39 is 5.97 Å². The number of carboxylic acid groups (broad SMARTS) is 1. The van der Waals surface area contributed by atoms with Gasteiger partial charge in [0.05, 0.1) is 11.1 Å². The Kier molecular flexibility index (Phi) is 4.40. The zero-order valence-corrected chi connectivity index (χ0v) is 12.8. The Morgan fingerprint density at radius 1 is 1.29 bits per heavy atom. The first kappa shape index (κ1) is 15.2. The van der Waals surface area contributed by atoms with Gasteiger partial charge in [0, 0.05) is 5.92 Å². The number of carboxylic acids is 1. The Morgan fingerprint density at radius 3 is 2.57 bits per heavy atom. The molecular formula is C16H20N2O3. The summed E-state index contributed by atoms with van der Waals surface area (Å²) in [6, 6.07) is 3.66. The summed E-state index contributed by atoms with van der Waals surface area (Å²) in [4.78, 5) is 11.5. The van der Waals surface area contributed by atoms with Gasteiger partial charge in [0.1, 0.15) is 0 Å². The van der Waals surface area contributed by atoms with Crippen molar-refractivity contribution in [2.45, 2.75) is 46.5 Å². The van der Waals surface area contributed by atoms with Crippen LogP contribution in [0, 0.1) is 13.8 Å². The number of carbonyl (C=O) groups is 1.